The van der Waals surface area contributed by atoms with Crippen LogP contribution in [0, 0.1) is 5.41 Å². The molecule has 1 aliphatic rings. The minimum Gasteiger partial charge on any atom is -0.396 e. The Morgan fingerprint density at radius 2 is 1.91 bits per heavy atom. The molecule has 0 atom stereocenters. The van der Waals surface area contributed by atoms with Crippen LogP contribution in [0.2, 0.25) is 0 Å². The van der Waals surface area contributed by atoms with Gasteiger partial charge in [0.25, 0.3) is 0 Å². The van der Waals surface area contributed by atoms with Gasteiger partial charge < -0.3 is 9.67 Å². The Kier molecular flexibility index (Phi) is 5.02. The molecular formula is C19H29N3O. The number of para-hydroxylation sites is 2. The zero-order valence-corrected chi connectivity index (χ0v) is 14.5. The highest BCUT2D eigenvalue weighted by molar-refractivity contribution is 5.75. The van der Waals surface area contributed by atoms with Gasteiger partial charge in [-0.15, -0.1) is 0 Å². The molecule has 0 amide bonds. The maximum atomic E-state index is 9.69. The van der Waals surface area contributed by atoms with E-state index in [0.717, 1.165) is 57.4 Å². The number of hydrogen-bond acceptors (Lipinski definition) is 3. The zero-order chi connectivity index (χ0) is 16.3. The fraction of sp³-hybridized carbons (Fsp3) is 0.632. The third kappa shape index (κ3) is 3.29. The zero-order valence-electron chi connectivity index (χ0n) is 14.5. The average Bonchev–Trinajstić information content (AvgIpc) is 2.94. The maximum Gasteiger partial charge on any atom is 0.124 e. The summed E-state index contributed by atoms with van der Waals surface area (Å²) in [6.07, 6.45) is 4.38. The molecule has 1 fully saturated rings. The summed E-state index contributed by atoms with van der Waals surface area (Å²) in [5.74, 6) is 1.18. The first-order valence-electron chi connectivity index (χ1n) is 8.98. The van der Waals surface area contributed by atoms with E-state index in [1.165, 1.54) is 11.3 Å². The number of imidazole rings is 1. The molecule has 4 nitrogen and oxygen atoms in total. The highest BCUT2D eigenvalue weighted by Crippen LogP contribution is 2.34. The molecule has 23 heavy (non-hydrogen) atoms. The van der Waals surface area contributed by atoms with E-state index in [4.69, 9.17) is 4.98 Å². The number of aliphatic hydroxyl groups is 1. The quantitative estimate of drug-likeness (QED) is 0.888. The van der Waals surface area contributed by atoms with Crippen LogP contribution < -0.4 is 0 Å². The van der Waals surface area contributed by atoms with Crippen molar-refractivity contribution >= 4 is 11.0 Å². The van der Waals surface area contributed by atoms with Crippen molar-refractivity contribution < 1.29 is 5.11 Å². The fourth-order valence-electron chi connectivity index (χ4n) is 3.73. The lowest BCUT2D eigenvalue weighted by molar-refractivity contribution is 0.0371. The van der Waals surface area contributed by atoms with Crippen molar-refractivity contribution in [3.05, 3.63) is 30.1 Å². The van der Waals surface area contributed by atoms with E-state index in [-0.39, 0.29) is 5.41 Å². The minimum atomic E-state index is 0.153. The molecule has 0 radical (unpaired) electrons. The predicted molar refractivity (Wildman–Crippen MR) is 94.3 cm³/mol. The lowest BCUT2D eigenvalue weighted by atomic mass is 9.77. The molecule has 0 aliphatic carbocycles. The van der Waals surface area contributed by atoms with Crippen LogP contribution in [0.4, 0.5) is 0 Å². The number of fused-ring (bicyclic) bond motifs is 1. The molecule has 1 aliphatic heterocycles. The van der Waals surface area contributed by atoms with Crippen molar-refractivity contribution in [3.8, 4) is 0 Å². The Balaban J connectivity index is 1.76. The second-order valence-electron chi connectivity index (χ2n) is 6.96. The topological polar surface area (TPSA) is 41.3 Å². The van der Waals surface area contributed by atoms with Crippen LogP contribution in [-0.4, -0.2) is 39.3 Å². The van der Waals surface area contributed by atoms with Crippen molar-refractivity contribution in [3.63, 3.8) is 0 Å². The second kappa shape index (κ2) is 7.02. The van der Waals surface area contributed by atoms with Crippen LogP contribution in [0.5, 0.6) is 0 Å². The third-order valence-electron chi connectivity index (χ3n) is 5.55. The average molecular weight is 315 g/mol. The lowest BCUT2D eigenvalue weighted by Gasteiger charge is -2.40. The first-order valence-corrected chi connectivity index (χ1v) is 8.98. The van der Waals surface area contributed by atoms with E-state index in [1.54, 1.807) is 0 Å². The number of aryl methyl sites for hydroxylation is 1. The molecule has 126 valence electrons. The van der Waals surface area contributed by atoms with E-state index in [2.05, 4.69) is 47.6 Å². The predicted octanol–water partition coefficient (Wildman–Crippen LogP) is 3.43. The second-order valence-corrected chi connectivity index (χ2v) is 6.96. The number of benzene rings is 1. The van der Waals surface area contributed by atoms with Gasteiger partial charge in [-0.25, -0.2) is 4.98 Å². The van der Waals surface area contributed by atoms with E-state index in [0.29, 0.717) is 6.61 Å². The van der Waals surface area contributed by atoms with Crippen LogP contribution in [0.25, 0.3) is 11.0 Å². The first kappa shape index (κ1) is 16.5. The van der Waals surface area contributed by atoms with E-state index >= 15 is 0 Å². The summed E-state index contributed by atoms with van der Waals surface area (Å²) in [7, 11) is 0. The molecule has 2 aromatic rings. The minimum absolute atomic E-state index is 0.153. The Bertz CT molecular complexity index is 635. The van der Waals surface area contributed by atoms with E-state index < -0.39 is 0 Å². The molecule has 3 rings (SSSR count). The molecule has 1 saturated heterocycles. The highest BCUT2D eigenvalue weighted by atomic mass is 16.3. The first-order chi connectivity index (χ1) is 11.2. The van der Waals surface area contributed by atoms with Crippen LogP contribution >= 0.6 is 0 Å². The van der Waals surface area contributed by atoms with Crippen molar-refractivity contribution in [2.45, 2.75) is 52.6 Å². The number of piperidine rings is 1. The summed E-state index contributed by atoms with van der Waals surface area (Å²) < 4.78 is 2.38. The SMILES string of the molecule is CCCn1c(CN2CCC(CC)(CO)CC2)nc2ccccc21. The number of likely N-dealkylation sites (tertiary alicyclic amines) is 1. The summed E-state index contributed by atoms with van der Waals surface area (Å²) in [4.78, 5) is 7.37. The van der Waals surface area contributed by atoms with E-state index in [9.17, 15) is 5.11 Å². The van der Waals surface area contributed by atoms with Crippen LogP contribution in [0.15, 0.2) is 24.3 Å². The fourth-order valence-corrected chi connectivity index (χ4v) is 3.73. The van der Waals surface area contributed by atoms with E-state index in [1.807, 2.05) is 0 Å². The summed E-state index contributed by atoms with van der Waals surface area (Å²) in [6, 6.07) is 8.44. The molecule has 1 aromatic carbocycles. The van der Waals surface area contributed by atoms with Crippen molar-refractivity contribution in [1.82, 2.24) is 14.5 Å². The van der Waals surface area contributed by atoms with Gasteiger partial charge in [-0.3, -0.25) is 4.90 Å². The Morgan fingerprint density at radius 3 is 2.57 bits per heavy atom. The molecule has 1 N–H and O–H groups in total. The smallest absolute Gasteiger partial charge is 0.124 e. The van der Waals surface area contributed by atoms with Crippen molar-refractivity contribution in [1.29, 1.82) is 0 Å². The van der Waals surface area contributed by atoms with Crippen LogP contribution in [0.3, 0.4) is 0 Å². The summed E-state index contributed by atoms with van der Waals surface area (Å²) in [5, 5.41) is 9.69. The molecule has 0 bridgehead atoms. The maximum absolute atomic E-state index is 9.69. The van der Waals surface area contributed by atoms with Gasteiger partial charge in [-0.05, 0) is 56.3 Å². The van der Waals surface area contributed by atoms with Crippen LogP contribution in [-0.2, 0) is 13.1 Å². The number of rotatable bonds is 6. The van der Waals surface area contributed by atoms with Gasteiger partial charge in [0.05, 0.1) is 17.6 Å². The lowest BCUT2D eigenvalue weighted by Crippen LogP contribution is -2.41. The standard InChI is InChI=1S/C19H29N3O/c1-3-11-22-17-8-6-5-7-16(17)20-18(22)14-21-12-9-19(4-2,15-23)10-13-21/h5-8,23H,3-4,9-15H2,1-2H3. The molecular weight excluding hydrogens is 286 g/mol. The number of nitrogens with zero attached hydrogens (tertiary/aromatic N) is 3. The highest BCUT2D eigenvalue weighted by Gasteiger charge is 2.32. The van der Waals surface area contributed by atoms with Gasteiger partial charge in [0.1, 0.15) is 5.82 Å². The summed E-state index contributed by atoms with van der Waals surface area (Å²) in [5.41, 5.74) is 2.51. The Morgan fingerprint density at radius 1 is 1.17 bits per heavy atom. The van der Waals surface area contributed by atoms with Gasteiger partial charge in [-0.1, -0.05) is 26.0 Å². The Labute approximate surface area is 139 Å². The normalized spacial score (nSPS) is 18.6. The molecule has 1 aromatic heterocycles. The van der Waals surface area contributed by atoms with Gasteiger partial charge in [-0.2, -0.15) is 0 Å². The molecule has 0 saturated carbocycles. The van der Waals surface area contributed by atoms with Gasteiger partial charge in [0.2, 0.25) is 0 Å². The number of hydrogen-bond donors (Lipinski definition) is 1. The molecule has 0 spiro atoms. The largest absolute Gasteiger partial charge is 0.396 e. The van der Waals surface area contributed by atoms with Gasteiger partial charge >= 0.3 is 0 Å². The van der Waals surface area contributed by atoms with Gasteiger partial charge in [0, 0.05) is 13.2 Å². The van der Waals surface area contributed by atoms with Gasteiger partial charge in [0.15, 0.2) is 0 Å². The number of aromatic nitrogens is 2. The van der Waals surface area contributed by atoms with Crippen LogP contribution in [0.1, 0.15) is 45.4 Å². The molecule has 0 unspecified atom stereocenters. The van der Waals surface area contributed by atoms with Crippen molar-refractivity contribution in [2.75, 3.05) is 19.7 Å². The summed E-state index contributed by atoms with van der Waals surface area (Å²) >= 11 is 0. The Hall–Kier alpha value is -1.39. The summed E-state index contributed by atoms with van der Waals surface area (Å²) in [6.45, 7) is 8.81. The molecule has 4 heteroatoms. The third-order valence-corrected chi connectivity index (χ3v) is 5.55. The molecule has 2 heterocycles. The van der Waals surface area contributed by atoms with Crippen molar-refractivity contribution in [2.24, 2.45) is 5.41 Å². The monoisotopic (exact) mass is 315 g/mol. The number of aliphatic hydroxyl groups excluding tert-OH is 1.